The van der Waals surface area contributed by atoms with Gasteiger partial charge in [0.05, 0.1) is 0 Å². The third-order valence-corrected chi connectivity index (χ3v) is 3.43. The smallest absolute Gasteiger partial charge is 0.144 e. The molecule has 1 aromatic carbocycles. The second-order valence-electron chi connectivity index (χ2n) is 5.66. The van der Waals surface area contributed by atoms with Gasteiger partial charge < -0.3 is 16.3 Å². The molecule has 0 saturated heterocycles. The molecular formula is C15H25N3O. The number of hydrogen-bond donors (Lipinski definition) is 3. The first-order chi connectivity index (χ1) is 8.95. The normalized spacial score (nSPS) is 14.4. The Kier molecular flexibility index (Phi) is 5.83. The van der Waals surface area contributed by atoms with Crippen LogP contribution in [0.2, 0.25) is 0 Å². The molecule has 1 atom stereocenters. The molecule has 0 saturated carbocycles. The van der Waals surface area contributed by atoms with Crippen molar-refractivity contribution >= 4 is 5.84 Å². The molecule has 106 valence electrons. The zero-order valence-corrected chi connectivity index (χ0v) is 12.1. The summed E-state index contributed by atoms with van der Waals surface area (Å²) >= 11 is 0. The zero-order valence-electron chi connectivity index (χ0n) is 12.1. The van der Waals surface area contributed by atoms with Gasteiger partial charge in [0, 0.05) is 11.5 Å². The molecule has 0 spiro atoms. The minimum atomic E-state index is -0.284. The highest BCUT2D eigenvalue weighted by atomic mass is 16.4. The molecular weight excluding hydrogens is 238 g/mol. The Bertz CT molecular complexity index is 401. The van der Waals surface area contributed by atoms with Gasteiger partial charge in [0.1, 0.15) is 5.84 Å². The van der Waals surface area contributed by atoms with E-state index in [-0.39, 0.29) is 11.3 Å². The predicted molar refractivity (Wildman–Crippen MR) is 79.4 cm³/mol. The van der Waals surface area contributed by atoms with Gasteiger partial charge in [0.2, 0.25) is 0 Å². The Labute approximate surface area is 115 Å². The van der Waals surface area contributed by atoms with Crippen LogP contribution in [0, 0.1) is 5.41 Å². The Morgan fingerprint density at radius 2 is 2.00 bits per heavy atom. The van der Waals surface area contributed by atoms with Crippen LogP contribution < -0.4 is 11.1 Å². The van der Waals surface area contributed by atoms with Gasteiger partial charge >= 0.3 is 0 Å². The monoisotopic (exact) mass is 263 g/mol. The molecule has 0 amide bonds. The third-order valence-electron chi connectivity index (χ3n) is 3.43. The Hall–Kier alpha value is -1.55. The van der Waals surface area contributed by atoms with Gasteiger partial charge in [0.25, 0.3) is 0 Å². The number of benzene rings is 1. The topological polar surface area (TPSA) is 70.6 Å². The first kappa shape index (κ1) is 15.5. The van der Waals surface area contributed by atoms with Crippen molar-refractivity contribution in [1.82, 2.24) is 5.32 Å². The van der Waals surface area contributed by atoms with Crippen LogP contribution in [-0.4, -0.2) is 23.6 Å². The van der Waals surface area contributed by atoms with Crippen molar-refractivity contribution in [2.75, 3.05) is 6.54 Å². The molecule has 4 N–H and O–H groups in total. The van der Waals surface area contributed by atoms with Gasteiger partial charge in [-0.3, -0.25) is 0 Å². The summed E-state index contributed by atoms with van der Waals surface area (Å²) in [6.07, 6.45) is 1.84. The number of hydrogen-bond acceptors (Lipinski definition) is 3. The lowest BCUT2D eigenvalue weighted by molar-refractivity contribution is 0.304. The van der Waals surface area contributed by atoms with E-state index in [2.05, 4.69) is 41.7 Å². The number of nitrogens with zero attached hydrogens (tertiary/aromatic N) is 1. The van der Waals surface area contributed by atoms with Crippen LogP contribution in [0.4, 0.5) is 0 Å². The summed E-state index contributed by atoms with van der Waals surface area (Å²) in [6.45, 7) is 6.97. The van der Waals surface area contributed by atoms with Gasteiger partial charge in [0.15, 0.2) is 0 Å². The number of nitrogens with one attached hydrogen (secondary N) is 1. The van der Waals surface area contributed by atoms with Gasteiger partial charge in [-0.25, -0.2) is 0 Å². The Balaban J connectivity index is 2.33. The number of rotatable bonds is 7. The first-order valence-corrected chi connectivity index (χ1v) is 6.71. The van der Waals surface area contributed by atoms with Crippen LogP contribution in [-0.2, 0) is 6.42 Å². The molecule has 1 aromatic rings. The van der Waals surface area contributed by atoms with Crippen molar-refractivity contribution in [2.24, 2.45) is 16.3 Å². The van der Waals surface area contributed by atoms with E-state index in [0.717, 1.165) is 19.4 Å². The maximum Gasteiger partial charge on any atom is 0.144 e. The molecule has 0 fully saturated rings. The van der Waals surface area contributed by atoms with Crippen molar-refractivity contribution in [3.63, 3.8) is 0 Å². The van der Waals surface area contributed by atoms with Crippen molar-refractivity contribution in [3.05, 3.63) is 35.9 Å². The molecule has 4 heteroatoms. The zero-order chi connectivity index (χ0) is 14.3. The van der Waals surface area contributed by atoms with Crippen molar-refractivity contribution in [2.45, 2.75) is 39.7 Å². The quantitative estimate of drug-likeness (QED) is 0.306. The third kappa shape index (κ3) is 5.30. The van der Waals surface area contributed by atoms with Crippen LogP contribution in [0.3, 0.4) is 0 Å². The highest BCUT2D eigenvalue weighted by molar-refractivity contribution is 5.85. The van der Waals surface area contributed by atoms with Crippen molar-refractivity contribution < 1.29 is 5.21 Å². The SMILES string of the molecule is CC(Cc1ccccc1)NCCC(C)(C)C(N)=NO. The maximum atomic E-state index is 8.72. The van der Waals surface area contributed by atoms with E-state index < -0.39 is 0 Å². The molecule has 0 bridgehead atoms. The molecule has 0 aliphatic carbocycles. The van der Waals surface area contributed by atoms with E-state index in [9.17, 15) is 0 Å². The average molecular weight is 263 g/mol. The second kappa shape index (κ2) is 7.14. The molecule has 4 nitrogen and oxygen atoms in total. The lowest BCUT2D eigenvalue weighted by atomic mass is 9.88. The molecule has 0 aliphatic rings. The van der Waals surface area contributed by atoms with Crippen LogP contribution in [0.5, 0.6) is 0 Å². The van der Waals surface area contributed by atoms with E-state index >= 15 is 0 Å². The van der Waals surface area contributed by atoms with Crippen LogP contribution in [0.15, 0.2) is 35.5 Å². The fourth-order valence-corrected chi connectivity index (χ4v) is 1.93. The average Bonchev–Trinajstić information content (AvgIpc) is 2.38. The summed E-state index contributed by atoms with van der Waals surface area (Å²) in [7, 11) is 0. The number of oxime groups is 1. The fraction of sp³-hybridized carbons (Fsp3) is 0.533. The van der Waals surface area contributed by atoms with Crippen molar-refractivity contribution in [3.8, 4) is 0 Å². The van der Waals surface area contributed by atoms with E-state index in [0.29, 0.717) is 6.04 Å². The molecule has 19 heavy (non-hydrogen) atoms. The maximum absolute atomic E-state index is 8.72. The lowest BCUT2D eigenvalue weighted by Gasteiger charge is -2.24. The van der Waals surface area contributed by atoms with Gasteiger partial charge in [-0.2, -0.15) is 0 Å². The minimum Gasteiger partial charge on any atom is -0.409 e. The predicted octanol–water partition coefficient (Wildman–Crippen LogP) is 2.37. The second-order valence-corrected chi connectivity index (χ2v) is 5.66. The van der Waals surface area contributed by atoms with Crippen LogP contribution in [0.25, 0.3) is 0 Å². The highest BCUT2D eigenvalue weighted by Crippen LogP contribution is 2.19. The van der Waals surface area contributed by atoms with Crippen molar-refractivity contribution in [1.29, 1.82) is 0 Å². The van der Waals surface area contributed by atoms with E-state index in [1.54, 1.807) is 0 Å². The standard InChI is InChI=1S/C15H25N3O/c1-12(11-13-7-5-4-6-8-13)17-10-9-15(2,3)14(16)18-19/h4-8,12,17,19H,9-11H2,1-3H3,(H2,16,18). The van der Waals surface area contributed by atoms with Gasteiger partial charge in [-0.15, -0.1) is 0 Å². The molecule has 0 heterocycles. The fourth-order valence-electron chi connectivity index (χ4n) is 1.93. The van der Waals surface area contributed by atoms with E-state index in [1.165, 1.54) is 5.56 Å². The van der Waals surface area contributed by atoms with Gasteiger partial charge in [-0.1, -0.05) is 49.3 Å². The van der Waals surface area contributed by atoms with E-state index in [1.807, 2.05) is 19.9 Å². The molecule has 0 radical (unpaired) electrons. The molecule has 1 unspecified atom stereocenters. The van der Waals surface area contributed by atoms with Crippen LogP contribution in [0.1, 0.15) is 32.8 Å². The lowest BCUT2D eigenvalue weighted by Crippen LogP contribution is -2.37. The number of amidine groups is 1. The largest absolute Gasteiger partial charge is 0.409 e. The van der Waals surface area contributed by atoms with Gasteiger partial charge in [-0.05, 0) is 31.9 Å². The highest BCUT2D eigenvalue weighted by Gasteiger charge is 2.23. The summed E-state index contributed by atoms with van der Waals surface area (Å²) in [6, 6.07) is 10.8. The molecule has 0 aromatic heterocycles. The summed E-state index contributed by atoms with van der Waals surface area (Å²) in [5.41, 5.74) is 6.71. The van der Waals surface area contributed by atoms with Crippen LogP contribution >= 0.6 is 0 Å². The number of nitrogens with two attached hydrogens (primary N) is 1. The molecule has 0 aliphatic heterocycles. The van der Waals surface area contributed by atoms with E-state index in [4.69, 9.17) is 10.9 Å². The summed E-state index contributed by atoms with van der Waals surface area (Å²) in [5, 5.41) is 15.3. The first-order valence-electron chi connectivity index (χ1n) is 6.71. The Morgan fingerprint density at radius 1 is 1.37 bits per heavy atom. The summed E-state index contributed by atoms with van der Waals surface area (Å²) in [4.78, 5) is 0. The minimum absolute atomic E-state index is 0.282. The Morgan fingerprint density at radius 3 is 2.58 bits per heavy atom. The summed E-state index contributed by atoms with van der Waals surface area (Å²) in [5.74, 6) is 0.282. The molecule has 1 rings (SSSR count). The summed E-state index contributed by atoms with van der Waals surface area (Å²) < 4.78 is 0.